The minimum atomic E-state index is -6.09. The molecule has 0 amide bonds. The van der Waals surface area contributed by atoms with Gasteiger partial charge in [0.1, 0.15) is 10.9 Å². The maximum atomic E-state index is 10.7. The van der Waals surface area contributed by atoms with Crippen LogP contribution in [0.1, 0.15) is 128 Å². The fraction of sp³-hybridized carbons (Fsp3) is 0.737. The average Bonchev–Trinajstić information content (AvgIpc) is 3.20. The molecule has 330 valence electrons. The highest BCUT2D eigenvalue weighted by Gasteiger charge is 2.68. The summed E-state index contributed by atoms with van der Waals surface area (Å²) < 4.78 is 118. The lowest BCUT2D eigenvalue weighted by molar-refractivity contribution is -0.0522. The molecule has 0 spiro atoms. The van der Waals surface area contributed by atoms with Crippen LogP contribution in [0.25, 0.3) is 0 Å². The van der Waals surface area contributed by atoms with Crippen molar-refractivity contribution in [1.82, 2.24) is 9.97 Å². The molecule has 4 aliphatic rings. The van der Waals surface area contributed by atoms with Crippen LogP contribution in [0.4, 0.5) is 26.3 Å². The zero-order chi connectivity index (χ0) is 42.8. The summed E-state index contributed by atoms with van der Waals surface area (Å²) >= 11 is 0. The summed E-state index contributed by atoms with van der Waals surface area (Å²) in [4.78, 5) is 10.9. The van der Waals surface area contributed by atoms with Gasteiger partial charge < -0.3 is 9.11 Å². The molecule has 4 aliphatic carbocycles. The number of hydrogen-bond donors (Lipinski definition) is 0. The van der Waals surface area contributed by atoms with Crippen molar-refractivity contribution in [3.05, 3.63) is 48.8 Å². The van der Waals surface area contributed by atoms with Crippen molar-refractivity contribution in [2.24, 2.45) is 0 Å². The SMILES string of the molecule is C[P+](C1CCCCC1)(C1CCCCC1)[P@](c1ccccn1)[P@](c1ccccn1)[P+](C)(C1CCCCC1)C1CCCCC1.O=S(=O)([O-])C(F)(F)F.O=S(=O)([O-])C(F)(F)F. The Balaban J connectivity index is 0.000000393. The van der Waals surface area contributed by atoms with E-state index in [2.05, 4.69) is 62.1 Å². The molecule has 2 aromatic heterocycles. The summed E-state index contributed by atoms with van der Waals surface area (Å²) in [5.74, 6) is 0. The molecule has 0 aliphatic heterocycles. The van der Waals surface area contributed by atoms with Gasteiger partial charge in [-0.2, -0.15) is 26.3 Å². The van der Waals surface area contributed by atoms with Crippen LogP contribution < -0.4 is 10.9 Å². The van der Waals surface area contributed by atoms with Crippen molar-refractivity contribution < 1.29 is 52.3 Å². The summed E-state index contributed by atoms with van der Waals surface area (Å²) in [5.41, 5.74) is -4.35. The number of halogens is 6. The molecule has 2 atom stereocenters. The Morgan fingerprint density at radius 3 is 0.897 bits per heavy atom. The van der Waals surface area contributed by atoms with Crippen molar-refractivity contribution in [3.8, 4) is 0 Å². The van der Waals surface area contributed by atoms with E-state index in [1.807, 2.05) is 0 Å². The van der Waals surface area contributed by atoms with Crippen LogP contribution in [0.5, 0.6) is 0 Å². The topological polar surface area (TPSA) is 140 Å². The van der Waals surface area contributed by atoms with Gasteiger partial charge in [-0.05, 0) is 127 Å². The second-order valence-electron chi connectivity index (χ2n) is 16.1. The normalized spacial score (nSPS) is 21.5. The lowest BCUT2D eigenvalue weighted by Gasteiger charge is -2.51. The predicted molar refractivity (Wildman–Crippen MR) is 226 cm³/mol. The molecular weight excluding hydrogens is 882 g/mol. The van der Waals surface area contributed by atoms with E-state index in [1.165, 1.54) is 128 Å². The second-order valence-corrected chi connectivity index (χ2v) is 40.1. The third-order valence-corrected chi connectivity index (χ3v) is 48.8. The monoisotopic (exact) mass is 940 g/mol. The first kappa shape index (κ1) is 50.1. The lowest BCUT2D eigenvalue weighted by Crippen LogP contribution is -2.32. The molecule has 2 heterocycles. The smallest absolute Gasteiger partial charge is 0.485 e. The standard InChI is InChI=1S/C36H58N2P4.2CHF3O3S/c1-41(31-19-7-3-8-20-31,32-21-9-4-10-22-32)39(35-27-15-17-29-37-35)40(36-28-16-18-30-38-36)42(2,33-23-11-5-12-24-33)34-25-13-6-14-26-34;2*2-1(3,4)8(5,6)7/h15-18,27-34H,3-14,19-26H2,1-2H3;2*(H,5,6,7)/q+2;;/p-2/t39-,40+;;. The van der Waals surface area contributed by atoms with Gasteiger partial charge in [0.15, 0.2) is 34.8 Å². The number of aromatic nitrogens is 2. The number of nitrogens with zero attached hydrogens (tertiary/aromatic N) is 2. The lowest BCUT2D eigenvalue weighted by atomic mass is 9.99. The first-order chi connectivity index (χ1) is 27.1. The largest absolute Gasteiger partial charge is 0.741 e. The molecule has 0 radical (unpaired) electrons. The van der Waals surface area contributed by atoms with Gasteiger partial charge in [0.25, 0.3) is 0 Å². The van der Waals surface area contributed by atoms with E-state index in [1.54, 1.807) is 10.9 Å². The van der Waals surface area contributed by atoms with E-state index in [0.717, 1.165) is 22.6 Å². The highest BCUT2D eigenvalue weighted by atomic mass is 32.7. The van der Waals surface area contributed by atoms with Crippen LogP contribution in [0, 0.1) is 0 Å². The van der Waals surface area contributed by atoms with Gasteiger partial charge in [-0.1, -0.05) is 37.8 Å². The van der Waals surface area contributed by atoms with E-state index >= 15 is 0 Å². The Morgan fingerprint density at radius 2 is 0.724 bits per heavy atom. The van der Waals surface area contributed by atoms with Gasteiger partial charge in [-0.25, -0.2) is 16.8 Å². The van der Waals surface area contributed by atoms with E-state index in [9.17, 15) is 26.3 Å². The minimum Gasteiger partial charge on any atom is -0.741 e. The third kappa shape index (κ3) is 12.8. The maximum Gasteiger partial charge on any atom is 0.485 e. The third-order valence-electron chi connectivity index (χ3n) is 12.5. The summed E-state index contributed by atoms with van der Waals surface area (Å²) in [6.07, 6.45) is 33.9. The Bertz CT molecular complexity index is 1590. The van der Waals surface area contributed by atoms with Crippen LogP contribution in [0.3, 0.4) is 0 Å². The Labute approximate surface area is 344 Å². The van der Waals surface area contributed by atoms with Crippen LogP contribution >= 0.6 is 28.5 Å². The molecule has 2 aromatic rings. The molecule has 0 aromatic carbocycles. The molecule has 58 heavy (non-hydrogen) atoms. The van der Waals surface area contributed by atoms with E-state index in [-0.39, 0.29) is 14.6 Å². The van der Waals surface area contributed by atoms with Crippen LogP contribution in [0.2, 0.25) is 0 Å². The van der Waals surface area contributed by atoms with Gasteiger partial charge >= 0.3 is 11.0 Å². The molecule has 0 bridgehead atoms. The molecule has 0 saturated heterocycles. The van der Waals surface area contributed by atoms with E-state index < -0.39 is 45.2 Å². The fourth-order valence-corrected chi connectivity index (χ4v) is 57.1. The fourth-order valence-electron chi connectivity index (χ4n) is 9.57. The molecular formula is C38H58F6N2O6P4S2. The van der Waals surface area contributed by atoms with Crippen LogP contribution in [-0.2, 0) is 20.2 Å². The molecule has 6 rings (SSSR count). The molecule has 4 saturated carbocycles. The predicted octanol–water partition coefficient (Wildman–Crippen LogP) is 11.9. The van der Waals surface area contributed by atoms with Gasteiger partial charge in [0.2, 0.25) is 0 Å². The maximum absolute atomic E-state index is 10.7. The Morgan fingerprint density at radius 1 is 0.500 bits per heavy atom. The Hall–Kier alpha value is -0.580. The molecule has 0 N–H and O–H groups in total. The summed E-state index contributed by atoms with van der Waals surface area (Å²) in [6.45, 7) is 3.24. The summed E-state index contributed by atoms with van der Waals surface area (Å²) in [6, 6.07) is 14.1. The molecule has 0 unspecified atom stereocenters. The molecule has 20 heteroatoms. The highest BCUT2D eigenvalue weighted by Crippen LogP contribution is 3.09. The van der Waals surface area contributed by atoms with Crippen LogP contribution in [-0.4, -0.2) is 82.9 Å². The van der Waals surface area contributed by atoms with Gasteiger partial charge in [0, 0.05) is 12.4 Å². The summed E-state index contributed by atoms with van der Waals surface area (Å²) in [7, 11) is -12.9. The summed E-state index contributed by atoms with van der Waals surface area (Å²) in [5, 5.41) is 0. The van der Waals surface area contributed by atoms with Gasteiger partial charge in [0.05, 0.1) is 49.9 Å². The quantitative estimate of drug-likeness (QED) is 0.105. The number of alkyl halides is 6. The van der Waals surface area contributed by atoms with Crippen LogP contribution in [0.15, 0.2) is 48.8 Å². The number of hydrogen-bond acceptors (Lipinski definition) is 8. The van der Waals surface area contributed by atoms with Crippen molar-refractivity contribution in [3.63, 3.8) is 0 Å². The van der Waals surface area contributed by atoms with Crippen molar-refractivity contribution >= 4 is 59.6 Å². The number of pyridine rings is 2. The zero-order valence-corrected chi connectivity index (χ0v) is 38.5. The second kappa shape index (κ2) is 21.7. The molecule has 8 nitrogen and oxygen atoms in total. The van der Waals surface area contributed by atoms with Crippen molar-refractivity contribution in [2.75, 3.05) is 13.3 Å². The van der Waals surface area contributed by atoms with Crippen molar-refractivity contribution in [1.29, 1.82) is 0 Å². The minimum absolute atomic E-state index is 0.373. The zero-order valence-electron chi connectivity index (χ0n) is 33.3. The van der Waals surface area contributed by atoms with Gasteiger partial charge in [-0.3, -0.25) is 9.97 Å². The van der Waals surface area contributed by atoms with E-state index in [4.69, 9.17) is 35.9 Å². The first-order valence-electron chi connectivity index (χ1n) is 20.3. The molecule has 4 fully saturated rings. The van der Waals surface area contributed by atoms with Gasteiger partial charge in [-0.15, -0.1) is 0 Å². The average molecular weight is 941 g/mol. The van der Waals surface area contributed by atoms with Crippen molar-refractivity contribution in [2.45, 2.75) is 162 Å². The first-order valence-corrected chi connectivity index (χ1v) is 32.7. The highest BCUT2D eigenvalue weighted by molar-refractivity contribution is 8.85. The Kier molecular flexibility index (Phi) is 18.7. The number of rotatable bonds is 9. The van der Waals surface area contributed by atoms with E-state index in [0.29, 0.717) is 0 Å².